The molecule has 0 amide bonds. The molecule has 4 N–H and O–H groups in total. The fraction of sp³-hybridized carbons (Fsp3) is 0.615. The molecule has 1 saturated carbocycles. The van der Waals surface area contributed by atoms with Crippen LogP contribution in [-0.2, 0) is 6.54 Å². The van der Waals surface area contributed by atoms with Crippen molar-refractivity contribution in [2.24, 2.45) is 5.92 Å². The molecule has 0 bridgehead atoms. The lowest BCUT2D eigenvalue weighted by molar-refractivity contribution is -0.684. The van der Waals surface area contributed by atoms with Crippen LogP contribution in [0.15, 0.2) is 18.3 Å². The number of nitrogen functional groups attached to an aromatic ring is 2. The minimum absolute atomic E-state index is 0.742. The summed E-state index contributed by atoms with van der Waals surface area (Å²) in [5.41, 5.74) is 12.3. The Kier molecular flexibility index (Phi) is 3.65. The second-order valence-electron chi connectivity index (χ2n) is 4.87. The van der Waals surface area contributed by atoms with Crippen LogP contribution in [0.3, 0.4) is 0 Å². The third-order valence-electron chi connectivity index (χ3n) is 3.60. The van der Waals surface area contributed by atoms with Crippen molar-refractivity contribution in [3.63, 3.8) is 0 Å². The van der Waals surface area contributed by atoms with Crippen molar-refractivity contribution in [3.05, 3.63) is 18.3 Å². The number of aromatic nitrogens is 1. The molecule has 0 aromatic carbocycles. The van der Waals surface area contributed by atoms with Crippen molar-refractivity contribution in [1.29, 1.82) is 0 Å². The molecule has 0 unspecified atom stereocenters. The predicted molar refractivity (Wildman–Crippen MR) is 66.7 cm³/mol. The van der Waals surface area contributed by atoms with Crippen LogP contribution in [0.2, 0.25) is 0 Å². The summed E-state index contributed by atoms with van der Waals surface area (Å²) in [6.07, 6.45) is 10.3. The van der Waals surface area contributed by atoms with Gasteiger partial charge >= 0.3 is 0 Å². The van der Waals surface area contributed by atoms with E-state index in [4.69, 9.17) is 11.5 Å². The molecule has 0 spiro atoms. The Bertz CT molecular complexity index is 343. The van der Waals surface area contributed by atoms with E-state index in [0.29, 0.717) is 0 Å². The highest BCUT2D eigenvalue weighted by molar-refractivity contribution is 5.42. The number of nitrogens with zero attached hydrogens (tertiary/aromatic N) is 1. The molecule has 1 aromatic rings. The van der Waals surface area contributed by atoms with Gasteiger partial charge in [-0.1, -0.05) is 32.1 Å². The maximum Gasteiger partial charge on any atom is 0.274 e. The van der Waals surface area contributed by atoms with E-state index < -0.39 is 0 Å². The summed E-state index contributed by atoms with van der Waals surface area (Å²) in [6.45, 7) is 1.02. The highest BCUT2D eigenvalue weighted by Gasteiger charge is 2.14. The zero-order valence-corrected chi connectivity index (χ0v) is 9.86. The summed E-state index contributed by atoms with van der Waals surface area (Å²) in [7, 11) is 0. The first-order chi connectivity index (χ1) is 7.75. The zero-order valence-electron chi connectivity index (χ0n) is 9.86. The van der Waals surface area contributed by atoms with E-state index in [-0.39, 0.29) is 0 Å². The molecule has 1 aliphatic rings. The molecule has 1 fully saturated rings. The predicted octanol–water partition coefficient (Wildman–Crippen LogP) is 2.11. The van der Waals surface area contributed by atoms with Crippen molar-refractivity contribution in [3.8, 4) is 0 Å². The maximum atomic E-state index is 5.92. The van der Waals surface area contributed by atoms with E-state index in [1.807, 2.05) is 18.3 Å². The molecule has 3 nitrogen and oxygen atoms in total. The van der Waals surface area contributed by atoms with Crippen molar-refractivity contribution in [1.82, 2.24) is 0 Å². The SMILES string of the molecule is Nc1cc[n+](CCC2CCCCC2)c(N)c1. The van der Waals surface area contributed by atoms with E-state index in [2.05, 4.69) is 4.57 Å². The fourth-order valence-corrected chi connectivity index (χ4v) is 2.56. The van der Waals surface area contributed by atoms with E-state index in [1.165, 1.54) is 38.5 Å². The number of anilines is 2. The van der Waals surface area contributed by atoms with Gasteiger partial charge in [0.1, 0.15) is 0 Å². The third kappa shape index (κ3) is 2.87. The monoisotopic (exact) mass is 220 g/mol. The average Bonchev–Trinajstić information content (AvgIpc) is 2.29. The van der Waals surface area contributed by atoms with Gasteiger partial charge in [0.2, 0.25) is 0 Å². The summed E-state index contributed by atoms with van der Waals surface area (Å²) in [6, 6.07) is 3.75. The van der Waals surface area contributed by atoms with Gasteiger partial charge in [-0.3, -0.25) is 5.73 Å². The van der Waals surface area contributed by atoms with E-state index in [0.717, 1.165) is 24.0 Å². The molecular formula is C13H22N3+. The van der Waals surface area contributed by atoms with Gasteiger partial charge in [-0.2, -0.15) is 0 Å². The highest BCUT2D eigenvalue weighted by Crippen LogP contribution is 2.26. The molecule has 16 heavy (non-hydrogen) atoms. The molecule has 0 aliphatic heterocycles. The second-order valence-corrected chi connectivity index (χ2v) is 4.87. The first-order valence-corrected chi connectivity index (χ1v) is 6.30. The Morgan fingerprint density at radius 2 is 1.94 bits per heavy atom. The third-order valence-corrected chi connectivity index (χ3v) is 3.60. The van der Waals surface area contributed by atoms with E-state index >= 15 is 0 Å². The molecule has 0 atom stereocenters. The number of hydrogen-bond acceptors (Lipinski definition) is 2. The molecule has 1 heterocycles. The van der Waals surface area contributed by atoms with Gasteiger partial charge in [0.25, 0.3) is 5.82 Å². The van der Waals surface area contributed by atoms with Crippen molar-refractivity contribution < 1.29 is 4.57 Å². The van der Waals surface area contributed by atoms with Crippen molar-refractivity contribution in [2.75, 3.05) is 11.5 Å². The first kappa shape index (κ1) is 11.2. The van der Waals surface area contributed by atoms with Crippen molar-refractivity contribution >= 4 is 11.5 Å². The quantitative estimate of drug-likeness (QED) is 0.766. The molecular weight excluding hydrogens is 198 g/mol. The summed E-state index contributed by atoms with van der Waals surface area (Å²) in [4.78, 5) is 0. The van der Waals surface area contributed by atoms with Crippen LogP contribution in [0.4, 0.5) is 11.5 Å². The summed E-state index contributed by atoms with van der Waals surface area (Å²) < 4.78 is 2.10. The van der Waals surface area contributed by atoms with Gasteiger partial charge in [0.05, 0.1) is 18.8 Å². The Morgan fingerprint density at radius 1 is 1.19 bits per heavy atom. The Hall–Kier alpha value is -1.25. The van der Waals surface area contributed by atoms with Crippen LogP contribution in [0.5, 0.6) is 0 Å². The number of rotatable bonds is 3. The molecule has 1 aromatic heterocycles. The highest BCUT2D eigenvalue weighted by atomic mass is 15.0. The number of hydrogen-bond donors (Lipinski definition) is 2. The summed E-state index contributed by atoms with van der Waals surface area (Å²) >= 11 is 0. The lowest BCUT2D eigenvalue weighted by Crippen LogP contribution is -2.37. The maximum absolute atomic E-state index is 5.92. The normalized spacial score (nSPS) is 17.5. The van der Waals surface area contributed by atoms with Crippen LogP contribution in [0.25, 0.3) is 0 Å². The Morgan fingerprint density at radius 3 is 2.62 bits per heavy atom. The summed E-state index contributed by atoms with van der Waals surface area (Å²) in [5.74, 6) is 1.68. The molecule has 2 rings (SSSR count). The first-order valence-electron chi connectivity index (χ1n) is 6.30. The summed E-state index contributed by atoms with van der Waals surface area (Å²) in [5, 5.41) is 0. The average molecular weight is 220 g/mol. The van der Waals surface area contributed by atoms with Gasteiger partial charge in [-0.05, 0) is 12.3 Å². The second kappa shape index (κ2) is 5.19. The number of pyridine rings is 1. The molecule has 0 radical (unpaired) electrons. The van der Waals surface area contributed by atoms with Gasteiger partial charge in [-0.25, -0.2) is 4.57 Å². The van der Waals surface area contributed by atoms with Crippen molar-refractivity contribution in [2.45, 2.75) is 45.1 Å². The molecule has 1 aliphatic carbocycles. The number of aryl methyl sites for hydroxylation is 1. The lowest BCUT2D eigenvalue weighted by atomic mass is 9.87. The van der Waals surface area contributed by atoms with Crippen LogP contribution in [0, 0.1) is 5.92 Å². The molecule has 3 heteroatoms. The Labute approximate surface area is 97.5 Å². The topological polar surface area (TPSA) is 55.9 Å². The van der Waals surface area contributed by atoms with Crippen LogP contribution >= 0.6 is 0 Å². The smallest absolute Gasteiger partial charge is 0.274 e. The van der Waals surface area contributed by atoms with Crippen LogP contribution < -0.4 is 16.0 Å². The molecule has 88 valence electrons. The fourth-order valence-electron chi connectivity index (χ4n) is 2.56. The lowest BCUT2D eigenvalue weighted by Gasteiger charge is -2.20. The van der Waals surface area contributed by atoms with Gasteiger partial charge in [-0.15, -0.1) is 0 Å². The largest absolute Gasteiger partial charge is 0.398 e. The minimum Gasteiger partial charge on any atom is -0.398 e. The van der Waals surface area contributed by atoms with Crippen LogP contribution in [-0.4, -0.2) is 0 Å². The zero-order chi connectivity index (χ0) is 11.4. The molecule has 0 saturated heterocycles. The van der Waals surface area contributed by atoms with E-state index in [9.17, 15) is 0 Å². The number of nitrogens with two attached hydrogens (primary N) is 2. The van der Waals surface area contributed by atoms with Crippen LogP contribution in [0.1, 0.15) is 38.5 Å². The van der Waals surface area contributed by atoms with Gasteiger partial charge in [0, 0.05) is 11.8 Å². The minimum atomic E-state index is 0.742. The standard InChI is InChI=1S/C13H21N3/c14-12-7-9-16(13(15)10-12)8-6-11-4-2-1-3-5-11/h7,9-11H,1-6,8H2,(H3,14,15)/p+1. The van der Waals surface area contributed by atoms with E-state index in [1.54, 1.807) is 0 Å². The van der Waals surface area contributed by atoms with Gasteiger partial charge in [0.15, 0.2) is 0 Å². The van der Waals surface area contributed by atoms with Gasteiger partial charge < -0.3 is 5.73 Å². The Balaban J connectivity index is 1.88.